The van der Waals surface area contributed by atoms with E-state index >= 15 is 0 Å². The van der Waals surface area contributed by atoms with Crippen molar-refractivity contribution < 1.29 is 4.79 Å². The zero-order chi connectivity index (χ0) is 13.5. The zero-order valence-electron chi connectivity index (χ0n) is 11.2. The van der Waals surface area contributed by atoms with Crippen LogP contribution in [0.1, 0.15) is 38.7 Å². The molecule has 0 radical (unpaired) electrons. The Morgan fingerprint density at radius 1 is 1.33 bits per heavy atom. The molecule has 2 atom stereocenters. The predicted molar refractivity (Wildman–Crippen MR) is 79.5 cm³/mol. The molecule has 1 rings (SSSR count). The summed E-state index contributed by atoms with van der Waals surface area (Å²) in [6, 6.07) is 8.18. The summed E-state index contributed by atoms with van der Waals surface area (Å²) in [5, 5.41) is 0. The third-order valence-electron chi connectivity index (χ3n) is 3.11. The minimum atomic E-state index is 0.128. The highest BCUT2D eigenvalue weighted by Gasteiger charge is 2.13. The molecule has 0 heterocycles. The van der Waals surface area contributed by atoms with Crippen molar-refractivity contribution in [2.75, 3.05) is 0 Å². The van der Waals surface area contributed by atoms with E-state index in [0.29, 0.717) is 12.2 Å². The lowest BCUT2D eigenvalue weighted by molar-refractivity contribution is -0.121. The van der Waals surface area contributed by atoms with E-state index in [1.54, 1.807) is 0 Å². The van der Waals surface area contributed by atoms with E-state index in [4.69, 9.17) is 5.73 Å². The molecular formula is C15H22BrNO. The fourth-order valence-electron chi connectivity index (χ4n) is 1.93. The summed E-state index contributed by atoms with van der Waals surface area (Å²) in [6.45, 7) is 4.02. The van der Waals surface area contributed by atoms with Gasteiger partial charge in [-0.25, -0.2) is 0 Å². The minimum Gasteiger partial charge on any atom is -0.328 e. The van der Waals surface area contributed by atoms with E-state index in [1.165, 1.54) is 0 Å². The average molecular weight is 312 g/mol. The Hall–Kier alpha value is -0.670. The van der Waals surface area contributed by atoms with Crippen LogP contribution in [-0.2, 0) is 11.2 Å². The molecule has 0 bridgehead atoms. The van der Waals surface area contributed by atoms with Crippen molar-refractivity contribution in [3.05, 3.63) is 34.3 Å². The number of carbonyl (C=O) groups is 1. The SMILES string of the molecule is CC(N)CCCC(C)C(=O)Cc1cccc(Br)c1. The number of benzene rings is 1. The van der Waals surface area contributed by atoms with Crippen molar-refractivity contribution in [2.24, 2.45) is 11.7 Å². The van der Waals surface area contributed by atoms with E-state index in [0.717, 1.165) is 29.3 Å². The monoisotopic (exact) mass is 311 g/mol. The van der Waals surface area contributed by atoms with Gasteiger partial charge in [0, 0.05) is 22.9 Å². The second-order valence-corrected chi connectivity index (χ2v) is 6.00. The normalized spacial score (nSPS) is 14.2. The van der Waals surface area contributed by atoms with Crippen molar-refractivity contribution in [1.82, 2.24) is 0 Å². The predicted octanol–water partition coefficient (Wildman–Crippen LogP) is 3.71. The molecule has 0 aliphatic carbocycles. The second kappa shape index (κ2) is 7.70. The Balaban J connectivity index is 2.40. The van der Waals surface area contributed by atoms with Gasteiger partial charge >= 0.3 is 0 Å². The van der Waals surface area contributed by atoms with Crippen molar-refractivity contribution >= 4 is 21.7 Å². The van der Waals surface area contributed by atoms with Crippen molar-refractivity contribution in [1.29, 1.82) is 0 Å². The first-order chi connectivity index (χ1) is 8.49. The highest BCUT2D eigenvalue weighted by molar-refractivity contribution is 9.10. The maximum Gasteiger partial charge on any atom is 0.140 e. The topological polar surface area (TPSA) is 43.1 Å². The molecule has 0 aromatic heterocycles. The van der Waals surface area contributed by atoms with Crippen LogP contribution in [0.25, 0.3) is 0 Å². The standard InChI is InChI=1S/C15H22BrNO/c1-11(5-3-6-12(2)17)15(18)10-13-7-4-8-14(16)9-13/h4,7-9,11-12H,3,5-6,10,17H2,1-2H3. The summed E-state index contributed by atoms with van der Waals surface area (Å²) in [6.07, 6.45) is 3.49. The van der Waals surface area contributed by atoms with E-state index in [-0.39, 0.29) is 12.0 Å². The number of ketones is 1. The zero-order valence-corrected chi connectivity index (χ0v) is 12.7. The molecule has 0 amide bonds. The molecule has 2 nitrogen and oxygen atoms in total. The number of Topliss-reactive ketones (excluding diaryl/α,β-unsaturated/α-hetero) is 1. The highest BCUT2D eigenvalue weighted by Crippen LogP contribution is 2.16. The molecule has 1 aromatic rings. The quantitative estimate of drug-likeness (QED) is 0.834. The third-order valence-corrected chi connectivity index (χ3v) is 3.61. The molecule has 0 aliphatic rings. The highest BCUT2D eigenvalue weighted by atomic mass is 79.9. The van der Waals surface area contributed by atoms with Crippen LogP contribution in [0, 0.1) is 5.92 Å². The molecule has 18 heavy (non-hydrogen) atoms. The lowest BCUT2D eigenvalue weighted by Crippen LogP contribution is -2.17. The Morgan fingerprint density at radius 2 is 2.06 bits per heavy atom. The lowest BCUT2D eigenvalue weighted by Gasteiger charge is -2.11. The Morgan fingerprint density at radius 3 is 2.67 bits per heavy atom. The van der Waals surface area contributed by atoms with Crippen LogP contribution >= 0.6 is 15.9 Å². The van der Waals surface area contributed by atoms with Gasteiger partial charge in [0.05, 0.1) is 0 Å². The van der Waals surface area contributed by atoms with Crippen molar-refractivity contribution in [3.63, 3.8) is 0 Å². The van der Waals surface area contributed by atoms with Crippen LogP contribution in [0.5, 0.6) is 0 Å². The van der Waals surface area contributed by atoms with E-state index in [2.05, 4.69) is 15.9 Å². The van der Waals surface area contributed by atoms with Crippen molar-refractivity contribution in [3.8, 4) is 0 Å². The summed E-state index contributed by atoms with van der Waals surface area (Å²) in [7, 11) is 0. The number of hydrogen-bond donors (Lipinski definition) is 1. The van der Waals surface area contributed by atoms with E-state index in [1.807, 2.05) is 38.1 Å². The van der Waals surface area contributed by atoms with Crippen LogP contribution in [-0.4, -0.2) is 11.8 Å². The summed E-state index contributed by atoms with van der Waals surface area (Å²) in [5.74, 6) is 0.445. The Kier molecular flexibility index (Phi) is 6.58. The van der Waals surface area contributed by atoms with Crippen LogP contribution < -0.4 is 5.73 Å². The number of carbonyl (C=O) groups excluding carboxylic acids is 1. The maximum atomic E-state index is 12.1. The van der Waals surface area contributed by atoms with Crippen LogP contribution in [0.2, 0.25) is 0 Å². The molecule has 2 N–H and O–H groups in total. The smallest absolute Gasteiger partial charge is 0.140 e. The summed E-state index contributed by atoms with van der Waals surface area (Å²) >= 11 is 3.42. The van der Waals surface area contributed by atoms with Crippen LogP contribution in [0.15, 0.2) is 28.7 Å². The van der Waals surface area contributed by atoms with Gasteiger partial charge in [-0.2, -0.15) is 0 Å². The molecule has 100 valence electrons. The second-order valence-electron chi connectivity index (χ2n) is 5.08. The average Bonchev–Trinajstić information content (AvgIpc) is 2.28. The number of rotatable bonds is 7. The molecule has 0 spiro atoms. The van der Waals surface area contributed by atoms with Gasteiger partial charge < -0.3 is 5.73 Å². The van der Waals surface area contributed by atoms with Gasteiger partial charge in [0.1, 0.15) is 5.78 Å². The fraction of sp³-hybridized carbons (Fsp3) is 0.533. The van der Waals surface area contributed by atoms with Crippen molar-refractivity contribution in [2.45, 2.75) is 45.6 Å². The number of hydrogen-bond acceptors (Lipinski definition) is 2. The first-order valence-electron chi connectivity index (χ1n) is 6.51. The van der Waals surface area contributed by atoms with Gasteiger partial charge in [-0.15, -0.1) is 0 Å². The molecule has 0 fully saturated rings. The molecule has 1 aromatic carbocycles. The van der Waals surface area contributed by atoms with Crippen LogP contribution in [0.3, 0.4) is 0 Å². The van der Waals surface area contributed by atoms with Gasteiger partial charge in [0.25, 0.3) is 0 Å². The van der Waals surface area contributed by atoms with Gasteiger partial charge in [0.2, 0.25) is 0 Å². The van der Waals surface area contributed by atoms with E-state index in [9.17, 15) is 4.79 Å². The first kappa shape index (κ1) is 15.4. The van der Waals surface area contributed by atoms with E-state index < -0.39 is 0 Å². The molecular weight excluding hydrogens is 290 g/mol. The third kappa shape index (κ3) is 5.78. The number of nitrogens with two attached hydrogens (primary N) is 1. The van der Waals surface area contributed by atoms with Gasteiger partial charge in [-0.05, 0) is 37.5 Å². The molecule has 0 aliphatic heterocycles. The summed E-state index contributed by atoms with van der Waals surface area (Å²) < 4.78 is 1.03. The number of halogens is 1. The fourth-order valence-corrected chi connectivity index (χ4v) is 2.38. The minimum absolute atomic E-state index is 0.128. The van der Waals surface area contributed by atoms with Gasteiger partial charge in [0.15, 0.2) is 0 Å². The van der Waals surface area contributed by atoms with Gasteiger partial charge in [-0.1, -0.05) is 41.4 Å². The lowest BCUT2D eigenvalue weighted by atomic mass is 9.94. The first-order valence-corrected chi connectivity index (χ1v) is 7.31. The Labute approximate surface area is 118 Å². The Bertz CT molecular complexity index is 390. The largest absolute Gasteiger partial charge is 0.328 e. The maximum absolute atomic E-state index is 12.1. The van der Waals surface area contributed by atoms with Crippen LogP contribution in [0.4, 0.5) is 0 Å². The summed E-state index contributed by atoms with van der Waals surface area (Å²) in [4.78, 5) is 12.1. The molecule has 0 saturated carbocycles. The van der Waals surface area contributed by atoms with Gasteiger partial charge in [-0.3, -0.25) is 4.79 Å². The molecule has 0 saturated heterocycles. The molecule has 3 heteroatoms. The molecule has 2 unspecified atom stereocenters. The summed E-state index contributed by atoms with van der Waals surface area (Å²) in [5.41, 5.74) is 6.78.